The van der Waals surface area contributed by atoms with Crippen molar-refractivity contribution in [1.82, 2.24) is 19.6 Å². The van der Waals surface area contributed by atoms with Gasteiger partial charge >= 0.3 is 0 Å². The Labute approximate surface area is 118 Å². The number of nitrogens with two attached hydrogens (primary N) is 1. The molecule has 0 spiro atoms. The van der Waals surface area contributed by atoms with Crippen molar-refractivity contribution in [2.75, 3.05) is 5.73 Å². The van der Waals surface area contributed by atoms with Crippen molar-refractivity contribution in [3.63, 3.8) is 0 Å². The van der Waals surface area contributed by atoms with E-state index in [0.29, 0.717) is 5.69 Å². The molecule has 2 N–H and O–H groups in total. The zero-order valence-electron chi connectivity index (χ0n) is 10.6. The van der Waals surface area contributed by atoms with Crippen LogP contribution < -0.4 is 5.73 Å². The molecule has 3 rings (SSSR count). The number of halogens is 1. The summed E-state index contributed by atoms with van der Waals surface area (Å²) in [5.74, 6) is 1.59. The van der Waals surface area contributed by atoms with E-state index in [9.17, 15) is 0 Å². The molecule has 0 radical (unpaired) electrons. The van der Waals surface area contributed by atoms with Crippen LogP contribution in [0.5, 0.6) is 0 Å². The summed E-state index contributed by atoms with van der Waals surface area (Å²) in [6, 6.07) is 7.53. The molecule has 96 valence electrons. The summed E-state index contributed by atoms with van der Waals surface area (Å²) in [6.45, 7) is 3.88. The number of hydrogen-bond donors (Lipinski definition) is 1. The molecule has 0 amide bonds. The molecule has 0 aliphatic heterocycles. The van der Waals surface area contributed by atoms with Gasteiger partial charge in [0, 0.05) is 27.5 Å². The van der Waals surface area contributed by atoms with Gasteiger partial charge in [-0.1, -0.05) is 15.9 Å². The lowest BCUT2D eigenvalue weighted by atomic mass is 10.2. The smallest absolute Gasteiger partial charge is 0.171 e. The van der Waals surface area contributed by atoms with Gasteiger partial charge in [-0.15, -0.1) is 10.2 Å². The van der Waals surface area contributed by atoms with E-state index in [1.807, 2.05) is 42.5 Å². The SMILES string of the molecule is Cc1cc2nnc(-c3cc(N)ccc3Br)n2c(C)n1. The standard InChI is InChI=1S/C13H12BrN5/c1-7-5-12-17-18-13(19(12)8(2)16-7)10-6-9(15)3-4-11(10)14/h3-6H,15H2,1-2H3. The van der Waals surface area contributed by atoms with Gasteiger partial charge in [-0.25, -0.2) is 4.98 Å². The molecule has 3 aromatic rings. The van der Waals surface area contributed by atoms with Crippen LogP contribution in [0.1, 0.15) is 11.5 Å². The summed E-state index contributed by atoms with van der Waals surface area (Å²) in [7, 11) is 0. The van der Waals surface area contributed by atoms with E-state index >= 15 is 0 Å². The van der Waals surface area contributed by atoms with Crippen LogP contribution in [-0.4, -0.2) is 19.6 Å². The molecule has 0 unspecified atom stereocenters. The lowest BCUT2D eigenvalue weighted by Crippen LogP contribution is -2.00. The molecular weight excluding hydrogens is 306 g/mol. The topological polar surface area (TPSA) is 69.1 Å². The number of rotatable bonds is 1. The zero-order chi connectivity index (χ0) is 13.6. The highest BCUT2D eigenvalue weighted by atomic mass is 79.9. The third kappa shape index (κ3) is 1.98. The van der Waals surface area contributed by atoms with Crippen molar-refractivity contribution in [1.29, 1.82) is 0 Å². The van der Waals surface area contributed by atoms with E-state index in [-0.39, 0.29) is 0 Å². The van der Waals surface area contributed by atoms with Crippen LogP contribution >= 0.6 is 15.9 Å². The summed E-state index contributed by atoms with van der Waals surface area (Å²) in [5.41, 5.74) is 9.15. The molecular formula is C13H12BrN5. The second kappa shape index (κ2) is 4.31. The molecule has 2 heterocycles. The minimum Gasteiger partial charge on any atom is -0.399 e. The van der Waals surface area contributed by atoms with Gasteiger partial charge in [-0.2, -0.15) is 0 Å². The number of aryl methyl sites for hydroxylation is 2. The van der Waals surface area contributed by atoms with Gasteiger partial charge in [0.2, 0.25) is 0 Å². The molecule has 0 fully saturated rings. The molecule has 6 heteroatoms. The molecule has 0 aliphatic carbocycles. The van der Waals surface area contributed by atoms with Gasteiger partial charge < -0.3 is 5.73 Å². The van der Waals surface area contributed by atoms with Crippen LogP contribution in [0.4, 0.5) is 5.69 Å². The second-order valence-corrected chi connectivity index (χ2v) is 5.26. The summed E-state index contributed by atoms with van der Waals surface area (Å²) in [5, 5.41) is 8.46. The van der Waals surface area contributed by atoms with Crippen molar-refractivity contribution in [3.05, 3.63) is 40.3 Å². The van der Waals surface area contributed by atoms with Crippen molar-refractivity contribution in [2.24, 2.45) is 0 Å². The van der Waals surface area contributed by atoms with E-state index < -0.39 is 0 Å². The first-order chi connectivity index (χ1) is 9.06. The summed E-state index contributed by atoms with van der Waals surface area (Å²) in [6.07, 6.45) is 0. The lowest BCUT2D eigenvalue weighted by Gasteiger charge is -2.06. The maximum atomic E-state index is 5.85. The minimum absolute atomic E-state index is 0.688. The molecule has 0 aliphatic rings. The van der Waals surface area contributed by atoms with Crippen LogP contribution in [0.2, 0.25) is 0 Å². The minimum atomic E-state index is 0.688. The quantitative estimate of drug-likeness (QED) is 0.701. The van der Waals surface area contributed by atoms with Crippen LogP contribution in [0, 0.1) is 13.8 Å². The second-order valence-electron chi connectivity index (χ2n) is 4.40. The number of benzene rings is 1. The highest BCUT2D eigenvalue weighted by Crippen LogP contribution is 2.29. The fourth-order valence-electron chi connectivity index (χ4n) is 2.12. The first-order valence-electron chi connectivity index (χ1n) is 5.81. The Morgan fingerprint density at radius 3 is 2.74 bits per heavy atom. The highest BCUT2D eigenvalue weighted by Gasteiger charge is 2.14. The third-order valence-corrected chi connectivity index (χ3v) is 3.61. The molecule has 1 aromatic carbocycles. The van der Waals surface area contributed by atoms with E-state index in [4.69, 9.17) is 5.73 Å². The maximum absolute atomic E-state index is 5.85. The molecule has 0 saturated carbocycles. The molecule has 5 nitrogen and oxygen atoms in total. The Bertz CT molecular complexity index is 778. The number of anilines is 1. The number of aromatic nitrogens is 4. The Morgan fingerprint density at radius 2 is 1.95 bits per heavy atom. The van der Waals surface area contributed by atoms with Gasteiger partial charge in [0.1, 0.15) is 5.82 Å². The molecule has 2 aromatic heterocycles. The molecule has 0 saturated heterocycles. The fraction of sp³-hybridized carbons (Fsp3) is 0.154. The average molecular weight is 318 g/mol. The summed E-state index contributed by atoms with van der Waals surface area (Å²) >= 11 is 3.52. The molecule has 19 heavy (non-hydrogen) atoms. The fourth-order valence-corrected chi connectivity index (χ4v) is 2.55. The highest BCUT2D eigenvalue weighted by molar-refractivity contribution is 9.10. The van der Waals surface area contributed by atoms with Crippen molar-refractivity contribution in [3.8, 4) is 11.4 Å². The Morgan fingerprint density at radius 1 is 1.16 bits per heavy atom. The van der Waals surface area contributed by atoms with Crippen LogP contribution in [0.15, 0.2) is 28.7 Å². The summed E-state index contributed by atoms with van der Waals surface area (Å²) < 4.78 is 2.85. The summed E-state index contributed by atoms with van der Waals surface area (Å²) in [4.78, 5) is 4.45. The van der Waals surface area contributed by atoms with E-state index in [1.165, 1.54) is 0 Å². The van der Waals surface area contributed by atoms with Crippen molar-refractivity contribution < 1.29 is 0 Å². The van der Waals surface area contributed by atoms with Crippen LogP contribution in [0.25, 0.3) is 17.0 Å². The maximum Gasteiger partial charge on any atom is 0.171 e. The predicted molar refractivity (Wildman–Crippen MR) is 77.8 cm³/mol. The first kappa shape index (κ1) is 12.1. The number of hydrogen-bond acceptors (Lipinski definition) is 4. The normalized spacial score (nSPS) is 11.1. The number of fused-ring (bicyclic) bond motifs is 1. The van der Waals surface area contributed by atoms with Gasteiger partial charge in [0.05, 0.1) is 0 Å². The third-order valence-electron chi connectivity index (χ3n) is 2.92. The predicted octanol–water partition coefficient (Wildman–Crippen LogP) is 2.75. The number of nitrogens with zero attached hydrogens (tertiary/aromatic N) is 4. The van der Waals surface area contributed by atoms with E-state index in [2.05, 4.69) is 31.1 Å². The lowest BCUT2D eigenvalue weighted by molar-refractivity contribution is 0.961. The average Bonchev–Trinajstić information content (AvgIpc) is 2.76. The number of nitrogen functional groups attached to an aromatic ring is 1. The van der Waals surface area contributed by atoms with Crippen molar-refractivity contribution in [2.45, 2.75) is 13.8 Å². The Balaban J connectivity index is 2.34. The Kier molecular flexibility index (Phi) is 2.74. The van der Waals surface area contributed by atoms with Crippen molar-refractivity contribution >= 4 is 27.3 Å². The van der Waals surface area contributed by atoms with Crippen LogP contribution in [0.3, 0.4) is 0 Å². The van der Waals surface area contributed by atoms with Crippen LogP contribution in [-0.2, 0) is 0 Å². The molecule has 0 bridgehead atoms. The molecule has 0 atom stereocenters. The van der Waals surface area contributed by atoms with Gasteiger partial charge in [-0.3, -0.25) is 4.40 Å². The first-order valence-corrected chi connectivity index (χ1v) is 6.60. The largest absolute Gasteiger partial charge is 0.399 e. The van der Waals surface area contributed by atoms with E-state index in [1.54, 1.807) is 0 Å². The van der Waals surface area contributed by atoms with E-state index in [0.717, 1.165) is 33.0 Å². The van der Waals surface area contributed by atoms with Gasteiger partial charge in [0.15, 0.2) is 11.5 Å². The zero-order valence-corrected chi connectivity index (χ0v) is 12.1. The Hall–Kier alpha value is -1.95. The van der Waals surface area contributed by atoms with Gasteiger partial charge in [-0.05, 0) is 32.0 Å². The van der Waals surface area contributed by atoms with Gasteiger partial charge in [0.25, 0.3) is 0 Å². The monoisotopic (exact) mass is 317 g/mol.